The molecule has 1 N–H and O–H groups in total. The molecule has 1 aliphatic rings. The SMILES string of the molecule is CC1(CNc2ccc(Cl)cc2C#N)CCC1. The van der Waals surface area contributed by atoms with Gasteiger partial charge >= 0.3 is 0 Å². The van der Waals surface area contributed by atoms with Crippen molar-refractivity contribution < 1.29 is 0 Å². The fourth-order valence-electron chi connectivity index (χ4n) is 2.03. The van der Waals surface area contributed by atoms with Crippen LogP contribution in [0.3, 0.4) is 0 Å². The van der Waals surface area contributed by atoms with Crippen molar-refractivity contribution >= 4 is 17.3 Å². The molecule has 0 atom stereocenters. The average Bonchev–Trinajstić information content (AvgIpc) is 2.24. The summed E-state index contributed by atoms with van der Waals surface area (Å²) in [6.07, 6.45) is 3.87. The molecule has 2 rings (SSSR count). The summed E-state index contributed by atoms with van der Waals surface area (Å²) in [5, 5.41) is 13.0. The van der Waals surface area contributed by atoms with Crippen LogP contribution in [0, 0.1) is 16.7 Å². The number of anilines is 1. The van der Waals surface area contributed by atoms with Gasteiger partial charge in [-0.3, -0.25) is 0 Å². The standard InChI is InChI=1S/C13H15ClN2/c1-13(5-2-6-13)9-16-12-4-3-11(14)7-10(12)8-15/h3-4,7,16H,2,5-6,9H2,1H3. The summed E-state index contributed by atoms with van der Waals surface area (Å²) in [6, 6.07) is 7.55. The number of hydrogen-bond donors (Lipinski definition) is 1. The minimum atomic E-state index is 0.409. The molecule has 0 radical (unpaired) electrons. The average molecular weight is 235 g/mol. The minimum absolute atomic E-state index is 0.409. The van der Waals surface area contributed by atoms with Crippen molar-refractivity contribution in [1.82, 2.24) is 0 Å². The van der Waals surface area contributed by atoms with Crippen molar-refractivity contribution in [3.8, 4) is 6.07 Å². The molecule has 0 aromatic heterocycles. The highest BCUT2D eigenvalue weighted by Crippen LogP contribution is 2.40. The quantitative estimate of drug-likeness (QED) is 0.863. The van der Waals surface area contributed by atoms with Crippen LogP contribution in [-0.2, 0) is 0 Å². The van der Waals surface area contributed by atoms with Gasteiger partial charge in [-0.1, -0.05) is 24.9 Å². The second-order valence-corrected chi connectivity index (χ2v) is 5.26. The fraction of sp³-hybridized carbons (Fsp3) is 0.462. The first-order valence-electron chi connectivity index (χ1n) is 5.56. The van der Waals surface area contributed by atoms with E-state index < -0.39 is 0 Å². The predicted molar refractivity (Wildman–Crippen MR) is 66.6 cm³/mol. The lowest BCUT2D eigenvalue weighted by Crippen LogP contribution is -2.33. The van der Waals surface area contributed by atoms with Gasteiger partial charge in [0.15, 0.2) is 0 Å². The maximum Gasteiger partial charge on any atom is 0.101 e. The van der Waals surface area contributed by atoms with Gasteiger partial charge in [-0.15, -0.1) is 0 Å². The molecule has 1 aromatic rings. The molecule has 1 aliphatic carbocycles. The Kier molecular flexibility index (Phi) is 3.07. The van der Waals surface area contributed by atoms with Crippen LogP contribution in [0.15, 0.2) is 18.2 Å². The van der Waals surface area contributed by atoms with Gasteiger partial charge in [-0.25, -0.2) is 0 Å². The van der Waals surface area contributed by atoms with Gasteiger partial charge in [0.2, 0.25) is 0 Å². The summed E-state index contributed by atoms with van der Waals surface area (Å²) < 4.78 is 0. The van der Waals surface area contributed by atoms with Crippen LogP contribution in [-0.4, -0.2) is 6.54 Å². The number of nitriles is 1. The number of hydrogen-bond acceptors (Lipinski definition) is 2. The molecule has 0 heterocycles. The van der Waals surface area contributed by atoms with E-state index in [9.17, 15) is 0 Å². The summed E-state index contributed by atoms with van der Waals surface area (Å²) in [5.41, 5.74) is 1.92. The van der Waals surface area contributed by atoms with Gasteiger partial charge in [0.1, 0.15) is 6.07 Å². The molecule has 3 heteroatoms. The van der Waals surface area contributed by atoms with E-state index in [1.54, 1.807) is 6.07 Å². The number of benzene rings is 1. The maximum atomic E-state index is 8.99. The van der Waals surface area contributed by atoms with Crippen LogP contribution in [0.1, 0.15) is 31.7 Å². The van der Waals surface area contributed by atoms with E-state index in [0.29, 0.717) is 16.0 Å². The smallest absolute Gasteiger partial charge is 0.101 e. The third-order valence-corrected chi connectivity index (χ3v) is 3.60. The monoisotopic (exact) mass is 234 g/mol. The van der Waals surface area contributed by atoms with Crippen LogP contribution in [0.5, 0.6) is 0 Å². The molecular formula is C13H15ClN2. The summed E-state index contributed by atoms with van der Waals surface area (Å²) in [4.78, 5) is 0. The van der Waals surface area contributed by atoms with Gasteiger partial charge in [-0.2, -0.15) is 5.26 Å². The van der Waals surface area contributed by atoms with E-state index >= 15 is 0 Å². The van der Waals surface area contributed by atoms with Crippen LogP contribution in [0.2, 0.25) is 5.02 Å². The summed E-state index contributed by atoms with van der Waals surface area (Å²) in [5.74, 6) is 0. The van der Waals surface area contributed by atoms with E-state index in [2.05, 4.69) is 18.3 Å². The molecule has 84 valence electrons. The number of nitrogens with zero attached hydrogens (tertiary/aromatic N) is 1. The fourth-order valence-corrected chi connectivity index (χ4v) is 2.20. The van der Waals surface area contributed by atoms with Crippen LogP contribution in [0.25, 0.3) is 0 Å². The summed E-state index contributed by atoms with van der Waals surface area (Å²) in [6.45, 7) is 3.22. The lowest BCUT2D eigenvalue weighted by atomic mass is 9.70. The number of nitrogens with one attached hydrogen (secondary N) is 1. The Balaban J connectivity index is 2.07. The molecule has 1 aromatic carbocycles. The number of halogens is 1. The third-order valence-electron chi connectivity index (χ3n) is 3.37. The number of rotatable bonds is 3. The lowest BCUT2D eigenvalue weighted by molar-refractivity contribution is 0.180. The first-order chi connectivity index (χ1) is 7.63. The van der Waals surface area contributed by atoms with E-state index in [1.165, 1.54) is 19.3 Å². The first-order valence-corrected chi connectivity index (χ1v) is 5.94. The highest BCUT2D eigenvalue weighted by molar-refractivity contribution is 6.30. The Labute approximate surface area is 101 Å². The Bertz CT molecular complexity index is 430. The topological polar surface area (TPSA) is 35.8 Å². The molecule has 0 amide bonds. The highest BCUT2D eigenvalue weighted by Gasteiger charge is 2.31. The van der Waals surface area contributed by atoms with E-state index in [-0.39, 0.29) is 0 Å². The predicted octanol–water partition coefficient (Wildman–Crippen LogP) is 3.81. The Morgan fingerprint density at radius 3 is 2.81 bits per heavy atom. The van der Waals surface area contributed by atoms with Gasteiger partial charge in [0, 0.05) is 11.6 Å². The molecule has 0 spiro atoms. The minimum Gasteiger partial charge on any atom is -0.383 e. The molecule has 0 unspecified atom stereocenters. The van der Waals surface area contributed by atoms with Crippen LogP contribution in [0.4, 0.5) is 5.69 Å². The molecule has 0 aliphatic heterocycles. The van der Waals surface area contributed by atoms with E-state index in [0.717, 1.165) is 12.2 Å². The van der Waals surface area contributed by atoms with Crippen LogP contribution >= 0.6 is 11.6 Å². The van der Waals surface area contributed by atoms with Crippen molar-refractivity contribution in [2.45, 2.75) is 26.2 Å². The zero-order valence-corrected chi connectivity index (χ0v) is 10.1. The first kappa shape index (κ1) is 11.3. The summed E-state index contributed by atoms with van der Waals surface area (Å²) >= 11 is 5.85. The lowest BCUT2D eigenvalue weighted by Gasteiger charge is -2.38. The highest BCUT2D eigenvalue weighted by atomic mass is 35.5. The van der Waals surface area contributed by atoms with Crippen molar-refractivity contribution in [3.63, 3.8) is 0 Å². The van der Waals surface area contributed by atoms with Gasteiger partial charge in [0.05, 0.1) is 11.3 Å². The van der Waals surface area contributed by atoms with Gasteiger partial charge in [-0.05, 0) is 36.5 Å². The molecule has 0 saturated heterocycles. The van der Waals surface area contributed by atoms with E-state index in [4.69, 9.17) is 16.9 Å². The Morgan fingerprint density at radius 1 is 1.50 bits per heavy atom. The van der Waals surface area contributed by atoms with Gasteiger partial charge in [0.25, 0.3) is 0 Å². The Hall–Kier alpha value is -1.20. The zero-order valence-electron chi connectivity index (χ0n) is 9.39. The molecule has 1 saturated carbocycles. The second-order valence-electron chi connectivity index (χ2n) is 4.82. The Morgan fingerprint density at radius 2 is 2.25 bits per heavy atom. The normalized spacial score (nSPS) is 17.3. The molecule has 16 heavy (non-hydrogen) atoms. The maximum absolute atomic E-state index is 8.99. The molecular weight excluding hydrogens is 220 g/mol. The van der Waals surface area contributed by atoms with Crippen molar-refractivity contribution in [3.05, 3.63) is 28.8 Å². The van der Waals surface area contributed by atoms with Gasteiger partial charge < -0.3 is 5.32 Å². The van der Waals surface area contributed by atoms with Crippen molar-refractivity contribution in [1.29, 1.82) is 5.26 Å². The van der Waals surface area contributed by atoms with E-state index in [1.807, 2.05) is 12.1 Å². The van der Waals surface area contributed by atoms with Crippen LogP contribution < -0.4 is 5.32 Å². The molecule has 0 bridgehead atoms. The molecule has 2 nitrogen and oxygen atoms in total. The van der Waals surface area contributed by atoms with Crippen molar-refractivity contribution in [2.75, 3.05) is 11.9 Å². The third kappa shape index (κ3) is 2.31. The van der Waals surface area contributed by atoms with Crippen molar-refractivity contribution in [2.24, 2.45) is 5.41 Å². The zero-order chi connectivity index (χ0) is 11.6. The second kappa shape index (κ2) is 4.35. The molecule has 1 fully saturated rings. The summed E-state index contributed by atoms with van der Waals surface area (Å²) in [7, 11) is 0. The largest absolute Gasteiger partial charge is 0.383 e.